The molecule has 1 aromatic rings. The lowest BCUT2D eigenvalue weighted by molar-refractivity contribution is -0.143. The highest BCUT2D eigenvalue weighted by atomic mass is 32.2. The highest BCUT2D eigenvalue weighted by molar-refractivity contribution is 7.99. The summed E-state index contributed by atoms with van der Waals surface area (Å²) >= 11 is 1.72. The molecule has 2 atom stereocenters. The standard InChI is InChI=1S/C23H33N3O3S/c1-3-25-15-18(11-12-21(25)27)23(29)26-13-6-5-9-19(16-26)24-22(28)17-8-7-10-20(14-17)30-4-2/h7-8,10,14,18-19H,3-6,9,11-13,15-16H2,1-2H3,(H,24,28). The molecule has 2 heterocycles. The number of thioether (sulfide) groups is 1. The van der Waals surface area contributed by atoms with Crippen LogP contribution in [0.4, 0.5) is 0 Å². The molecule has 1 N–H and O–H groups in total. The average molecular weight is 432 g/mol. The number of carbonyl (C=O) groups is 3. The van der Waals surface area contributed by atoms with Gasteiger partial charge in [-0.3, -0.25) is 14.4 Å². The number of nitrogens with zero attached hydrogens (tertiary/aromatic N) is 2. The Kier molecular flexibility index (Phi) is 8.19. The summed E-state index contributed by atoms with van der Waals surface area (Å²) in [5, 5.41) is 3.15. The molecule has 1 aromatic carbocycles. The first kappa shape index (κ1) is 22.7. The van der Waals surface area contributed by atoms with Crippen LogP contribution in [-0.4, -0.2) is 65.5 Å². The molecule has 2 saturated heterocycles. The Morgan fingerprint density at radius 2 is 2.00 bits per heavy atom. The molecule has 0 spiro atoms. The molecule has 6 nitrogen and oxygen atoms in total. The van der Waals surface area contributed by atoms with Gasteiger partial charge in [0.2, 0.25) is 11.8 Å². The van der Waals surface area contributed by atoms with Gasteiger partial charge in [0.25, 0.3) is 5.91 Å². The Morgan fingerprint density at radius 3 is 2.77 bits per heavy atom. The van der Waals surface area contributed by atoms with E-state index in [2.05, 4.69) is 12.2 Å². The molecular weight excluding hydrogens is 398 g/mol. The van der Waals surface area contributed by atoms with Gasteiger partial charge in [0.1, 0.15) is 0 Å². The number of hydrogen-bond acceptors (Lipinski definition) is 4. The third-order valence-electron chi connectivity index (χ3n) is 5.96. The topological polar surface area (TPSA) is 69.7 Å². The maximum absolute atomic E-state index is 13.2. The Morgan fingerprint density at radius 1 is 1.17 bits per heavy atom. The number of hydrogen-bond donors (Lipinski definition) is 1. The second-order valence-corrected chi connectivity index (χ2v) is 9.42. The second kappa shape index (κ2) is 10.8. The second-order valence-electron chi connectivity index (χ2n) is 8.08. The van der Waals surface area contributed by atoms with Crippen molar-refractivity contribution in [1.29, 1.82) is 0 Å². The number of amides is 3. The minimum absolute atomic E-state index is 0.0427. The molecule has 164 valence electrons. The maximum atomic E-state index is 13.2. The van der Waals surface area contributed by atoms with Crippen LogP contribution in [0.1, 0.15) is 56.3 Å². The number of nitrogens with one attached hydrogen (secondary N) is 1. The first-order valence-electron chi connectivity index (χ1n) is 11.1. The van der Waals surface area contributed by atoms with Crippen molar-refractivity contribution in [2.75, 3.05) is 31.9 Å². The highest BCUT2D eigenvalue weighted by Crippen LogP contribution is 2.22. The summed E-state index contributed by atoms with van der Waals surface area (Å²) in [4.78, 5) is 42.7. The van der Waals surface area contributed by atoms with Crippen molar-refractivity contribution in [2.24, 2.45) is 5.92 Å². The van der Waals surface area contributed by atoms with E-state index in [9.17, 15) is 14.4 Å². The predicted molar refractivity (Wildman–Crippen MR) is 120 cm³/mol. The molecule has 2 unspecified atom stereocenters. The fraction of sp³-hybridized carbons (Fsp3) is 0.609. The molecule has 30 heavy (non-hydrogen) atoms. The van der Waals surface area contributed by atoms with Gasteiger partial charge < -0.3 is 15.1 Å². The van der Waals surface area contributed by atoms with E-state index in [4.69, 9.17) is 0 Å². The molecule has 3 amide bonds. The fourth-order valence-corrected chi connectivity index (χ4v) is 5.02. The van der Waals surface area contributed by atoms with E-state index in [0.717, 1.165) is 36.5 Å². The zero-order chi connectivity index (χ0) is 21.5. The van der Waals surface area contributed by atoms with E-state index < -0.39 is 0 Å². The van der Waals surface area contributed by atoms with Crippen LogP contribution >= 0.6 is 11.8 Å². The minimum Gasteiger partial charge on any atom is -0.348 e. The summed E-state index contributed by atoms with van der Waals surface area (Å²) < 4.78 is 0. The van der Waals surface area contributed by atoms with Crippen LogP contribution in [0.3, 0.4) is 0 Å². The number of benzene rings is 1. The Hall–Kier alpha value is -2.02. The van der Waals surface area contributed by atoms with Crippen molar-refractivity contribution in [3.05, 3.63) is 29.8 Å². The van der Waals surface area contributed by atoms with E-state index in [1.165, 1.54) is 0 Å². The van der Waals surface area contributed by atoms with E-state index in [1.54, 1.807) is 16.7 Å². The number of rotatable bonds is 6. The molecule has 3 rings (SSSR count). The molecule has 2 aliphatic heterocycles. The summed E-state index contributed by atoms with van der Waals surface area (Å²) in [5.74, 6) is 1.04. The Bertz CT molecular complexity index is 770. The van der Waals surface area contributed by atoms with E-state index in [-0.39, 0.29) is 29.7 Å². The van der Waals surface area contributed by atoms with Crippen molar-refractivity contribution in [3.63, 3.8) is 0 Å². The van der Waals surface area contributed by atoms with Gasteiger partial charge in [-0.05, 0) is 56.6 Å². The smallest absolute Gasteiger partial charge is 0.251 e. The molecule has 0 saturated carbocycles. The van der Waals surface area contributed by atoms with E-state index in [1.807, 2.05) is 36.1 Å². The van der Waals surface area contributed by atoms with Gasteiger partial charge in [-0.1, -0.05) is 13.0 Å². The van der Waals surface area contributed by atoms with Gasteiger partial charge in [-0.15, -0.1) is 11.8 Å². The highest BCUT2D eigenvalue weighted by Gasteiger charge is 2.33. The van der Waals surface area contributed by atoms with Crippen LogP contribution in [0, 0.1) is 5.92 Å². The molecule has 0 bridgehead atoms. The zero-order valence-electron chi connectivity index (χ0n) is 18.1. The van der Waals surface area contributed by atoms with Gasteiger partial charge in [-0.2, -0.15) is 0 Å². The predicted octanol–water partition coefficient (Wildman–Crippen LogP) is 3.17. The van der Waals surface area contributed by atoms with Gasteiger partial charge in [-0.25, -0.2) is 0 Å². The lowest BCUT2D eigenvalue weighted by Crippen LogP contribution is -2.50. The molecule has 0 radical (unpaired) electrons. The number of likely N-dealkylation sites (tertiary alicyclic amines) is 2. The summed E-state index contributed by atoms with van der Waals surface area (Å²) in [7, 11) is 0. The lowest BCUT2D eigenvalue weighted by Gasteiger charge is -2.35. The first-order valence-corrected chi connectivity index (χ1v) is 12.1. The Balaban J connectivity index is 1.62. The summed E-state index contributed by atoms with van der Waals surface area (Å²) in [6, 6.07) is 7.67. The third kappa shape index (κ3) is 5.78. The van der Waals surface area contributed by atoms with Gasteiger partial charge in [0.15, 0.2) is 0 Å². The zero-order valence-corrected chi connectivity index (χ0v) is 18.9. The summed E-state index contributed by atoms with van der Waals surface area (Å²) in [6.07, 6.45) is 3.89. The van der Waals surface area contributed by atoms with Crippen molar-refractivity contribution in [1.82, 2.24) is 15.1 Å². The average Bonchev–Trinajstić information content (AvgIpc) is 2.99. The molecule has 7 heteroatoms. The fourth-order valence-electron chi connectivity index (χ4n) is 4.30. The monoisotopic (exact) mass is 431 g/mol. The molecule has 2 aliphatic rings. The largest absolute Gasteiger partial charge is 0.348 e. The van der Waals surface area contributed by atoms with Gasteiger partial charge in [0.05, 0.1) is 5.92 Å². The van der Waals surface area contributed by atoms with Crippen LogP contribution in [0.25, 0.3) is 0 Å². The van der Waals surface area contributed by atoms with Crippen LogP contribution in [0.2, 0.25) is 0 Å². The van der Waals surface area contributed by atoms with Gasteiger partial charge in [0, 0.05) is 49.1 Å². The van der Waals surface area contributed by atoms with Crippen LogP contribution < -0.4 is 5.32 Å². The maximum Gasteiger partial charge on any atom is 0.251 e. The van der Waals surface area contributed by atoms with Gasteiger partial charge >= 0.3 is 0 Å². The molecule has 2 fully saturated rings. The molecule has 0 aromatic heterocycles. The normalized spacial score (nSPS) is 22.5. The summed E-state index contributed by atoms with van der Waals surface area (Å²) in [6.45, 7) is 6.49. The lowest BCUT2D eigenvalue weighted by atomic mass is 9.96. The minimum atomic E-state index is -0.125. The molecular formula is C23H33N3O3S. The SMILES string of the molecule is CCSc1cccc(C(=O)NC2CCCCN(C(=O)C3CCC(=O)N(CC)C3)C2)c1. The van der Waals surface area contributed by atoms with Crippen LogP contribution in [0.15, 0.2) is 29.2 Å². The van der Waals surface area contributed by atoms with Crippen molar-refractivity contribution in [3.8, 4) is 0 Å². The van der Waals surface area contributed by atoms with E-state index in [0.29, 0.717) is 38.0 Å². The van der Waals surface area contributed by atoms with E-state index >= 15 is 0 Å². The Labute approximate surface area is 183 Å². The number of carbonyl (C=O) groups excluding carboxylic acids is 3. The summed E-state index contributed by atoms with van der Waals surface area (Å²) in [5.41, 5.74) is 0.667. The third-order valence-corrected chi connectivity index (χ3v) is 6.83. The molecule has 0 aliphatic carbocycles. The first-order chi connectivity index (χ1) is 14.5. The van der Waals surface area contributed by atoms with Crippen LogP contribution in [0.5, 0.6) is 0 Å². The van der Waals surface area contributed by atoms with Crippen LogP contribution in [-0.2, 0) is 9.59 Å². The van der Waals surface area contributed by atoms with Crippen molar-refractivity contribution < 1.29 is 14.4 Å². The quantitative estimate of drug-likeness (QED) is 0.703. The van der Waals surface area contributed by atoms with Crippen molar-refractivity contribution in [2.45, 2.75) is 56.9 Å². The number of piperidine rings is 1. The van der Waals surface area contributed by atoms with Crippen molar-refractivity contribution >= 4 is 29.5 Å².